The maximum absolute atomic E-state index is 10.3. The zero-order valence-electron chi connectivity index (χ0n) is 13.8. The number of hydrogen-bond acceptors (Lipinski definition) is 3. The SMILES string of the molecule is CCCCCC=C[C@H](O)[C@@H](O)C=CCCCCCCC(=O)O. The third-order valence-corrected chi connectivity index (χ3v) is 3.50. The van der Waals surface area contributed by atoms with Gasteiger partial charge in [0.05, 0.1) is 0 Å². The molecule has 0 aromatic rings. The van der Waals surface area contributed by atoms with Crippen LogP contribution in [0.5, 0.6) is 0 Å². The molecule has 0 rings (SSSR count). The van der Waals surface area contributed by atoms with E-state index in [2.05, 4.69) is 6.92 Å². The van der Waals surface area contributed by atoms with Crippen molar-refractivity contribution in [1.29, 1.82) is 0 Å². The van der Waals surface area contributed by atoms with Crippen LogP contribution in [0.3, 0.4) is 0 Å². The van der Waals surface area contributed by atoms with Crippen molar-refractivity contribution in [3.63, 3.8) is 0 Å². The van der Waals surface area contributed by atoms with Gasteiger partial charge in [0.15, 0.2) is 0 Å². The number of aliphatic hydroxyl groups is 2. The van der Waals surface area contributed by atoms with E-state index in [-0.39, 0.29) is 6.42 Å². The largest absolute Gasteiger partial charge is 0.481 e. The number of rotatable bonds is 14. The van der Waals surface area contributed by atoms with E-state index in [1.807, 2.05) is 12.2 Å². The highest BCUT2D eigenvalue weighted by Crippen LogP contribution is 2.07. The van der Waals surface area contributed by atoms with E-state index in [1.165, 1.54) is 12.8 Å². The molecule has 0 aliphatic carbocycles. The molecular weight excluding hydrogens is 280 g/mol. The van der Waals surface area contributed by atoms with Gasteiger partial charge >= 0.3 is 5.97 Å². The standard InChI is InChI=1S/C18H32O4/c1-2-3-4-7-10-13-16(19)17(20)14-11-8-5-6-9-12-15-18(21)22/h10-11,13-14,16-17,19-20H,2-9,12,15H2,1H3,(H,21,22)/t16-,17-/m0/s1. The fraction of sp³-hybridized carbons (Fsp3) is 0.722. The van der Waals surface area contributed by atoms with Gasteiger partial charge in [-0.25, -0.2) is 0 Å². The van der Waals surface area contributed by atoms with Crippen LogP contribution in [0.1, 0.15) is 71.1 Å². The van der Waals surface area contributed by atoms with Gasteiger partial charge in [-0.15, -0.1) is 0 Å². The molecule has 4 nitrogen and oxygen atoms in total. The van der Waals surface area contributed by atoms with Gasteiger partial charge < -0.3 is 15.3 Å². The fourth-order valence-corrected chi connectivity index (χ4v) is 2.10. The molecule has 0 aliphatic rings. The Labute approximate surface area is 134 Å². The van der Waals surface area contributed by atoms with E-state index < -0.39 is 18.2 Å². The minimum absolute atomic E-state index is 0.241. The Hall–Kier alpha value is -1.13. The van der Waals surface area contributed by atoms with Crippen molar-refractivity contribution in [3.8, 4) is 0 Å². The number of unbranched alkanes of at least 4 members (excludes halogenated alkanes) is 7. The molecule has 0 fully saturated rings. The summed E-state index contributed by atoms with van der Waals surface area (Å²) in [6.07, 6.45) is 14.6. The molecular formula is C18H32O4. The normalized spacial score (nSPS) is 14.7. The second kappa shape index (κ2) is 14.8. The van der Waals surface area contributed by atoms with Crippen LogP contribution < -0.4 is 0 Å². The van der Waals surface area contributed by atoms with E-state index in [1.54, 1.807) is 12.2 Å². The fourth-order valence-electron chi connectivity index (χ4n) is 2.10. The van der Waals surface area contributed by atoms with Gasteiger partial charge in [0, 0.05) is 6.42 Å². The predicted molar refractivity (Wildman–Crippen MR) is 89.8 cm³/mol. The number of carboxylic acid groups (broad SMARTS) is 1. The zero-order chi connectivity index (χ0) is 16.6. The summed E-state index contributed by atoms with van der Waals surface area (Å²) in [6, 6.07) is 0. The molecule has 0 saturated carbocycles. The molecule has 0 saturated heterocycles. The van der Waals surface area contributed by atoms with E-state index in [0.29, 0.717) is 0 Å². The van der Waals surface area contributed by atoms with Crippen LogP contribution >= 0.6 is 0 Å². The lowest BCUT2D eigenvalue weighted by Gasteiger charge is -2.09. The summed E-state index contributed by atoms with van der Waals surface area (Å²) in [4.78, 5) is 10.3. The molecule has 0 aliphatic heterocycles. The molecule has 22 heavy (non-hydrogen) atoms. The second-order valence-corrected chi connectivity index (χ2v) is 5.68. The highest BCUT2D eigenvalue weighted by Gasteiger charge is 2.08. The maximum atomic E-state index is 10.3. The molecule has 3 N–H and O–H groups in total. The van der Waals surface area contributed by atoms with Crippen LogP contribution in [0.2, 0.25) is 0 Å². The van der Waals surface area contributed by atoms with Crippen molar-refractivity contribution < 1.29 is 20.1 Å². The third kappa shape index (κ3) is 13.8. The monoisotopic (exact) mass is 312 g/mol. The number of carboxylic acids is 1. The number of allylic oxidation sites excluding steroid dienone is 2. The molecule has 0 heterocycles. The highest BCUT2D eigenvalue weighted by atomic mass is 16.4. The van der Waals surface area contributed by atoms with Crippen LogP contribution in [0.4, 0.5) is 0 Å². The summed E-state index contributed by atoms with van der Waals surface area (Å²) in [6.45, 7) is 2.15. The summed E-state index contributed by atoms with van der Waals surface area (Å²) >= 11 is 0. The lowest BCUT2D eigenvalue weighted by atomic mass is 10.1. The Morgan fingerprint density at radius 1 is 0.864 bits per heavy atom. The highest BCUT2D eigenvalue weighted by molar-refractivity contribution is 5.66. The van der Waals surface area contributed by atoms with Crippen molar-refractivity contribution in [2.45, 2.75) is 83.3 Å². The molecule has 0 aromatic carbocycles. The van der Waals surface area contributed by atoms with Crippen molar-refractivity contribution in [2.75, 3.05) is 0 Å². The van der Waals surface area contributed by atoms with E-state index in [0.717, 1.165) is 44.9 Å². The maximum Gasteiger partial charge on any atom is 0.303 e. The molecule has 0 bridgehead atoms. The summed E-state index contributed by atoms with van der Waals surface area (Å²) in [5.41, 5.74) is 0. The van der Waals surface area contributed by atoms with Crippen molar-refractivity contribution in [1.82, 2.24) is 0 Å². The molecule has 0 spiro atoms. The minimum Gasteiger partial charge on any atom is -0.481 e. The van der Waals surface area contributed by atoms with Crippen molar-refractivity contribution >= 4 is 5.97 Å². The summed E-state index contributed by atoms with van der Waals surface area (Å²) < 4.78 is 0. The Morgan fingerprint density at radius 2 is 1.36 bits per heavy atom. The molecule has 0 unspecified atom stereocenters. The van der Waals surface area contributed by atoms with Gasteiger partial charge in [-0.2, -0.15) is 0 Å². The van der Waals surface area contributed by atoms with Gasteiger partial charge in [0.1, 0.15) is 12.2 Å². The average molecular weight is 312 g/mol. The van der Waals surface area contributed by atoms with Gasteiger partial charge in [-0.05, 0) is 32.1 Å². The number of aliphatic hydroxyl groups excluding tert-OH is 2. The van der Waals surface area contributed by atoms with Crippen LogP contribution in [0.15, 0.2) is 24.3 Å². The van der Waals surface area contributed by atoms with Gasteiger partial charge in [0.25, 0.3) is 0 Å². The van der Waals surface area contributed by atoms with Crippen molar-refractivity contribution in [3.05, 3.63) is 24.3 Å². The topological polar surface area (TPSA) is 77.8 Å². The number of carbonyl (C=O) groups is 1. The summed E-state index contributed by atoms with van der Waals surface area (Å²) in [5, 5.41) is 28.0. The minimum atomic E-state index is -0.852. The first-order chi connectivity index (χ1) is 10.6. The number of hydrogen-bond donors (Lipinski definition) is 3. The molecule has 2 atom stereocenters. The summed E-state index contributed by atoms with van der Waals surface area (Å²) in [5.74, 6) is -0.736. The first-order valence-electron chi connectivity index (χ1n) is 8.49. The predicted octanol–water partition coefficient (Wildman–Crippen LogP) is 3.83. The molecule has 0 amide bonds. The average Bonchev–Trinajstić information content (AvgIpc) is 2.48. The molecule has 4 heteroatoms. The molecule has 0 aromatic heterocycles. The smallest absolute Gasteiger partial charge is 0.303 e. The Bertz CT molecular complexity index is 323. The molecule has 128 valence electrons. The molecule has 0 radical (unpaired) electrons. The van der Waals surface area contributed by atoms with Gasteiger partial charge in [-0.1, -0.05) is 56.9 Å². The van der Waals surface area contributed by atoms with Crippen LogP contribution in [0, 0.1) is 0 Å². The first-order valence-corrected chi connectivity index (χ1v) is 8.49. The van der Waals surface area contributed by atoms with Crippen LogP contribution in [-0.4, -0.2) is 33.5 Å². The van der Waals surface area contributed by atoms with Crippen LogP contribution in [-0.2, 0) is 4.79 Å². The van der Waals surface area contributed by atoms with Gasteiger partial charge in [0.2, 0.25) is 0 Å². The quantitative estimate of drug-likeness (QED) is 0.336. The van der Waals surface area contributed by atoms with E-state index in [4.69, 9.17) is 5.11 Å². The Kier molecular flexibility index (Phi) is 14.0. The van der Waals surface area contributed by atoms with E-state index >= 15 is 0 Å². The Balaban J connectivity index is 3.63. The lowest BCUT2D eigenvalue weighted by molar-refractivity contribution is -0.137. The second-order valence-electron chi connectivity index (χ2n) is 5.68. The first kappa shape index (κ1) is 20.9. The van der Waals surface area contributed by atoms with Gasteiger partial charge in [-0.3, -0.25) is 4.79 Å². The van der Waals surface area contributed by atoms with Crippen molar-refractivity contribution in [2.24, 2.45) is 0 Å². The zero-order valence-corrected chi connectivity index (χ0v) is 13.8. The lowest BCUT2D eigenvalue weighted by Crippen LogP contribution is -2.21. The number of aliphatic carboxylic acids is 1. The summed E-state index contributed by atoms with van der Waals surface area (Å²) in [7, 11) is 0. The van der Waals surface area contributed by atoms with E-state index in [9.17, 15) is 15.0 Å². The Morgan fingerprint density at radius 3 is 1.86 bits per heavy atom. The van der Waals surface area contributed by atoms with Crippen LogP contribution in [0.25, 0.3) is 0 Å². The third-order valence-electron chi connectivity index (χ3n) is 3.50.